The Balaban J connectivity index is 2.10. The van der Waals surface area contributed by atoms with Crippen molar-refractivity contribution in [2.75, 3.05) is 6.54 Å². The van der Waals surface area contributed by atoms with Crippen LogP contribution in [0.25, 0.3) is 0 Å². The molecule has 146 valence electrons. The predicted molar refractivity (Wildman–Crippen MR) is 97.1 cm³/mol. The predicted octanol–water partition coefficient (Wildman–Crippen LogP) is 3.33. The fourth-order valence-electron chi connectivity index (χ4n) is 2.43. The van der Waals surface area contributed by atoms with E-state index in [-0.39, 0.29) is 18.9 Å². The molecule has 0 bridgehead atoms. The highest BCUT2D eigenvalue weighted by Crippen LogP contribution is 2.26. The molecule has 5 nitrogen and oxygen atoms in total. The molecule has 0 heterocycles. The zero-order valence-electron chi connectivity index (χ0n) is 14.9. The lowest BCUT2D eigenvalue weighted by atomic mass is 10.1. The number of alkyl halides is 3. The summed E-state index contributed by atoms with van der Waals surface area (Å²) in [6.07, 6.45) is -4.75. The molecule has 0 atom stereocenters. The Morgan fingerprint density at radius 1 is 1.00 bits per heavy atom. The van der Waals surface area contributed by atoms with Crippen LogP contribution >= 0.6 is 0 Å². The third-order valence-electron chi connectivity index (χ3n) is 3.69. The summed E-state index contributed by atoms with van der Waals surface area (Å²) in [6.45, 7) is 2.84. The second-order valence-electron chi connectivity index (χ2n) is 5.63. The van der Waals surface area contributed by atoms with Crippen molar-refractivity contribution in [2.24, 2.45) is 4.99 Å². The second-order valence-corrected chi connectivity index (χ2v) is 5.63. The molecule has 0 aliphatic carbocycles. The van der Waals surface area contributed by atoms with Crippen molar-refractivity contribution in [1.82, 2.24) is 10.6 Å². The van der Waals surface area contributed by atoms with Crippen LogP contribution in [-0.4, -0.2) is 24.0 Å². The van der Waals surface area contributed by atoms with Crippen LogP contribution in [0, 0.1) is 0 Å². The van der Waals surface area contributed by atoms with E-state index in [1.54, 1.807) is 6.07 Å². The third-order valence-corrected chi connectivity index (χ3v) is 3.69. The highest BCUT2D eigenvalue weighted by atomic mass is 19.4. The number of hydrogen-bond acceptors (Lipinski definition) is 3. The Labute approximate surface area is 155 Å². The molecule has 0 radical (unpaired) electrons. The van der Waals surface area contributed by atoms with Crippen LogP contribution in [0.1, 0.15) is 23.6 Å². The summed E-state index contributed by atoms with van der Waals surface area (Å²) in [5.74, 6) is 0.183. The number of nitrogens with zero attached hydrogens (tertiary/aromatic N) is 1. The molecular formula is C19H22F3N3O2. The molecule has 0 unspecified atom stereocenters. The number of nitrogens with one attached hydrogen (secondary N) is 2. The van der Waals surface area contributed by atoms with Crippen molar-refractivity contribution in [1.29, 1.82) is 0 Å². The van der Waals surface area contributed by atoms with Gasteiger partial charge in [0.25, 0.3) is 0 Å². The van der Waals surface area contributed by atoms with Crippen LogP contribution in [0.5, 0.6) is 5.75 Å². The summed E-state index contributed by atoms with van der Waals surface area (Å²) in [7, 11) is 0. The number of aliphatic imine (C=N–C) groups is 1. The number of aliphatic hydroxyl groups is 1. The standard InChI is InChI=1S/C19H22F3N3O2/c1-2-23-18(24-11-14-7-3-4-9-16(14)13-26)25-12-15-8-5-6-10-17(15)27-19(20,21)22/h3-10,26H,2,11-13H2,1H3,(H2,23,24,25). The first-order valence-corrected chi connectivity index (χ1v) is 8.46. The van der Waals surface area contributed by atoms with Gasteiger partial charge in [-0.15, -0.1) is 13.2 Å². The van der Waals surface area contributed by atoms with E-state index in [1.165, 1.54) is 18.2 Å². The highest BCUT2D eigenvalue weighted by molar-refractivity contribution is 5.79. The number of ether oxygens (including phenoxy) is 1. The van der Waals surface area contributed by atoms with Crippen molar-refractivity contribution in [3.8, 4) is 5.75 Å². The smallest absolute Gasteiger partial charge is 0.405 e. The van der Waals surface area contributed by atoms with E-state index >= 15 is 0 Å². The Morgan fingerprint density at radius 2 is 1.63 bits per heavy atom. The average Bonchev–Trinajstić information content (AvgIpc) is 2.64. The first-order chi connectivity index (χ1) is 12.9. The summed E-state index contributed by atoms with van der Waals surface area (Å²) < 4.78 is 41.6. The minimum absolute atomic E-state index is 0.0171. The molecule has 0 aliphatic rings. The van der Waals surface area contributed by atoms with Crippen LogP contribution in [-0.2, 0) is 19.7 Å². The maximum Gasteiger partial charge on any atom is 0.573 e. The molecular weight excluding hydrogens is 359 g/mol. The van der Waals surface area contributed by atoms with Crippen molar-refractivity contribution in [2.45, 2.75) is 33.0 Å². The molecule has 8 heteroatoms. The Kier molecular flexibility index (Phi) is 7.48. The third kappa shape index (κ3) is 6.82. The van der Waals surface area contributed by atoms with Gasteiger partial charge in [0.1, 0.15) is 5.75 Å². The lowest BCUT2D eigenvalue weighted by Gasteiger charge is -2.14. The quantitative estimate of drug-likeness (QED) is 0.508. The fraction of sp³-hybridized carbons (Fsp3) is 0.316. The molecule has 0 aromatic heterocycles. The molecule has 0 spiro atoms. The van der Waals surface area contributed by atoms with Gasteiger partial charge in [0, 0.05) is 18.7 Å². The van der Waals surface area contributed by atoms with E-state index in [2.05, 4.69) is 20.4 Å². The van der Waals surface area contributed by atoms with Gasteiger partial charge in [-0.2, -0.15) is 0 Å². The highest BCUT2D eigenvalue weighted by Gasteiger charge is 2.31. The Morgan fingerprint density at radius 3 is 2.26 bits per heavy atom. The zero-order valence-corrected chi connectivity index (χ0v) is 14.9. The van der Waals surface area contributed by atoms with Gasteiger partial charge in [0.15, 0.2) is 5.96 Å². The monoisotopic (exact) mass is 381 g/mol. The largest absolute Gasteiger partial charge is 0.573 e. The maximum atomic E-state index is 12.5. The zero-order chi connectivity index (χ0) is 19.7. The van der Waals surface area contributed by atoms with Gasteiger partial charge in [0.05, 0.1) is 13.2 Å². The Bertz CT molecular complexity index is 764. The first-order valence-electron chi connectivity index (χ1n) is 8.46. The van der Waals surface area contributed by atoms with E-state index in [1.807, 2.05) is 31.2 Å². The molecule has 0 saturated heterocycles. The normalized spacial score (nSPS) is 12.0. The SMILES string of the molecule is CCNC(=NCc1ccccc1OC(F)(F)F)NCc1ccccc1CO. The molecule has 2 aromatic rings. The van der Waals surface area contributed by atoms with E-state index in [0.29, 0.717) is 24.6 Å². The Hall–Kier alpha value is -2.74. The number of aliphatic hydroxyl groups excluding tert-OH is 1. The van der Waals surface area contributed by atoms with Crippen molar-refractivity contribution >= 4 is 5.96 Å². The summed E-state index contributed by atoms with van der Waals surface area (Å²) in [4.78, 5) is 4.33. The summed E-state index contributed by atoms with van der Waals surface area (Å²) in [5.41, 5.74) is 2.03. The van der Waals surface area contributed by atoms with E-state index in [0.717, 1.165) is 11.1 Å². The topological polar surface area (TPSA) is 65.9 Å². The van der Waals surface area contributed by atoms with Crippen LogP contribution in [0.15, 0.2) is 53.5 Å². The molecule has 2 aromatic carbocycles. The van der Waals surface area contributed by atoms with Crippen molar-refractivity contribution in [3.63, 3.8) is 0 Å². The van der Waals surface area contributed by atoms with Crippen LogP contribution in [0.2, 0.25) is 0 Å². The minimum Gasteiger partial charge on any atom is -0.405 e. The summed E-state index contributed by atoms with van der Waals surface area (Å²) in [5, 5.41) is 15.5. The van der Waals surface area contributed by atoms with Gasteiger partial charge in [-0.25, -0.2) is 4.99 Å². The molecule has 3 N–H and O–H groups in total. The molecule has 2 rings (SSSR count). The van der Waals surface area contributed by atoms with Crippen LogP contribution < -0.4 is 15.4 Å². The van der Waals surface area contributed by atoms with Gasteiger partial charge in [-0.05, 0) is 24.1 Å². The lowest BCUT2D eigenvalue weighted by molar-refractivity contribution is -0.274. The first kappa shape index (κ1) is 20.6. The minimum atomic E-state index is -4.75. The number of hydrogen-bond donors (Lipinski definition) is 3. The fourth-order valence-corrected chi connectivity index (χ4v) is 2.43. The van der Waals surface area contributed by atoms with Crippen molar-refractivity contribution < 1.29 is 23.0 Å². The van der Waals surface area contributed by atoms with Gasteiger partial charge in [0.2, 0.25) is 0 Å². The average molecular weight is 381 g/mol. The van der Waals surface area contributed by atoms with Gasteiger partial charge >= 0.3 is 6.36 Å². The van der Waals surface area contributed by atoms with E-state index in [4.69, 9.17) is 0 Å². The molecule has 0 amide bonds. The van der Waals surface area contributed by atoms with Gasteiger partial charge in [-0.1, -0.05) is 42.5 Å². The molecule has 0 saturated carbocycles. The van der Waals surface area contributed by atoms with Crippen LogP contribution in [0.3, 0.4) is 0 Å². The van der Waals surface area contributed by atoms with Gasteiger partial charge < -0.3 is 20.5 Å². The summed E-state index contributed by atoms with van der Waals surface area (Å²) >= 11 is 0. The second kappa shape index (κ2) is 9.82. The van der Waals surface area contributed by atoms with Gasteiger partial charge in [-0.3, -0.25) is 0 Å². The number of halogens is 3. The molecule has 0 fully saturated rings. The number of para-hydroxylation sites is 1. The number of rotatable bonds is 7. The van der Waals surface area contributed by atoms with Crippen molar-refractivity contribution in [3.05, 3.63) is 65.2 Å². The molecule has 0 aliphatic heterocycles. The summed E-state index contributed by atoms with van der Waals surface area (Å²) in [6, 6.07) is 13.3. The lowest BCUT2D eigenvalue weighted by Crippen LogP contribution is -2.37. The number of benzene rings is 2. The van der Waals surface area contributed by atoms with E-state index < -0.39 is 6.36 Å². The van der Waals surface area contributed by atoms with E-state index in [9.17, 15) is 18.3 Å². The van der Waals surface area contributed by atoms with Crippen LogP contribution in [0.4, 0.5) is 13.2 Å². The number of guanidine groups is 1. The molecule has 27 heavy (non-hydrogen) atoms. The maximum absolute atomic E-state index is 12.5.